The summed E-state index contributed by atoms with van der Waals surface area (Å²) in [5.74, 6) is -1.44. The number of amides is 1. The molecule has 110 valence electrons. The Morgan fingerprint density at radius 3 is 2.40 bits per heavy atom. The lowest BCUT2D eigenvalue weighted by atomic mass is 9.82. The van der Waals surface area contributed by atoms with E-state index < -0.39 is 11.9 Å². The summed E-state index contributed by atoms with van der Waals surface area (Å²) >= 11 is 0. The summed E-state index contributed by atoms with van der Waals surface area (Å²) < 4.78 is 0. The van der Waals surface area contributed by atoms with E-state index in [9.17, 15) is 14.7 Å². The maximum Gasteiger partial charge on any atom is 0.307 e. The van der Waals surface area contributed by atoms with Gasteiger partial charge in [-0.05, 0) is 38.8 Å². The number of likely N-dealkylation sites (tertiary alicyclic amines) is 1. The number of carbonyl (C=O) groups is 2. The number of hydrogen-bond acceptors (Lipinski definition) is 3. The third-order valence-electron chi connectivity index (χ3n) is 5.23. The number of rotatable bonds is 3. The molecule has 2 bridgehead atoms. The van der Waals surface area contributed by atoms with E-state index >= 15 is 0 Å². The molecule has 2 fully saturated rings. The normalized spacial score (nSPS) is 39.0. The highest BCUT2D eigenvalue weighted by atomic mass is 16.4. The monoisotopic (exact) mass is 278 g/mol. The van der Waals surface area contributed by atoms with E-state index in [2.05, 4.69) is 4.90 Å². The van der Waals surface area contributed by atoms with Crippen LogP contribution in [0.15, 0.2) is 12.2 Å². The van der Waals surface area contributed by atoms with E-state index in [1.165, 1.54) is 0 Å². The Morgan fingerprint density at radius 1 is 1.20 bits per heavy atom. The summed E-state index contributed by atoms with van der Waals surface area (Å²) in [6.07, 6.45) is 5.84. The van der Waals surface area contributed by atoms with Gasteiger partial charge in [0.05, 0.1) is 11.8 Å². The SMILES string of the molecule is CN(C)C1CCN(C(=O)C2C3C=CC(C3)C2C(=O)O)C1. The highest BCUT2D eigenvalue weighted by Crippen LogP contribution is 2.49. The zero-order chi connectivity index (χ0) is 14.4. The average Bonchev–Trinajstić information content (AvgIpc) is 3.11. The van der Waals surface area contributed by atoms with Gasteiger partial charge in [-0.25, -0.2) is 0 Å². The van der Waals surface area contributed by atoms with Crippen molar-refractivity contribution in [3.8, 4) is 0 Å². The van der Waals surface area contributed by atoms with Crippen molar-refractivity contribution in [2.75, 3.05) is 27.2 Å². The fourth-order valence-corrected chi connectivity index (χ4v) is 4.07. The molecule has 1 aliphatic heterocycles. The van der Waals surface area contributed by atoms with Gasteiger partial charge in [0, 0.05) is 19.1 Å². The number of likely N-dealkylation sites (N-methyl/N-ethyl adjacent to an activating group) is 1. The van der Waals surface area contributed by atoms with Crippen molar-refractivity contribution in [3.05, 3.63) is 12.2 Å². The second-order valence-electron chi connectivity index (χ2n) is 6.53. The number of nitrogens with zero attached hydrogens (tertiary/aromatic N) is 2. The fourth-order valence-electron chi connectivity index (χ4n) is 4.07. The maximum absolute atomic E-state index is 12.7. The number of carboxylic acid groups (broad SMARTS) is 1. The smallest absolute Gasteiger partial charge is 0.307 e. The van der Waals surface area contributed by atoms with Gasteiger partial charge in [-0.2, -0.15) is 0 Å². The number of carboxylic acids is 1. The molecule has 5 heteroatoms. The lowest BCUT2D eigenvalue weighted by Crippen LogP contribution is -2.43. The van der Waals surface area contributed by atoms with Crippen molar-refractivity contribution < 1.29 is 14.7 Å². The second-order valence-corrected chi connectivity index (χ2v) is 6.53. The molecule has 5 nitrogen and oxygen atoms in total. The molecule has 3 rings (SSSR count). The number of hydrogen-bond donors (Lipinski definition) is 1. The maximum atomic E-state index is 12.7. The lowest BCUT2D eigenvalue weighted by molar-refractivity contribution is -0.150. The van der Waals surface area contributed by atoms with Gasteiger partial charge < -0.3 is 14.9 Å². The molecule has 3 aliphatic rings. The van der Waals surface area contributed by atoms with E-state index in [4.69, 9.17) is 0 Å². The zero-order valence-corrected chi connectivity index (χ0v) is 12.0. The molecule has 1 N–H and O–H groups in total. The first-order chi connectivity index (χ1) is 9.49. The van der Waals surface area contributed by atoms with Crippen LogP contribution in [-0.4, -0.2) is 60.0 Å². The summed E-state index contributed by atoms with van der Waals surface area (Å²) in [6, 6.07) is 0.399. The van der Waals surface area contributed by atoms with Gasteiger partial charge in [0.1, 0.15) is 0 Å². The van der Waals surface area contributed by atoms with Gasteiger partial charge in [-0.3, -0.25) is 9.59 Å². The van der Waals surface area contributed by atoms with Crippen molar-refractivity contribution in [1.82, 2.24) is 9.80 Å². The van der Waals surface area contributed by atoms with Crippen molar-refractivity contribution in [3.63, 3.8) is 0 Å². The standard InChI is InChI=1S/C15H22N2O3/c1-16(2)11-5-6-17(8-11)14(18)12-9-3-4-10(7-9)13(12)15(19)20/h3-4,9-13H,5-8H2,1-2H3,(H,19,20). The lowest BCUT2D eigenvalue weighted by Gasteiger charge is -2.29. The molecule has 1 saturated carbocycles. The van der Waals surface area contributed by atoms with Gasteiger partial charge in [0.25, 0.3) is 0 Å². The summed E-state index contributed by atoms with van der Waals surface area (Å²) in [6.45, 7) is 1.49. The largest absolute Gasteiger partial charge is 0.481 e. The van der Waals surface area contributed by atoms with Crippen LogP contribution in [0.5, 0.6) is 0 Å². The molecule has 2 aliphatic carbocycles. The molecule has 0 aromatic carbocycles. The number of carbonyl (C=O) groups excluding carboxylic acids is 1. The van der Waals surface area contributed by atoms with Gasteiger partial charge in [-0.15, -0.1) is 0 Å². The summed E-state index contributed by atoms with van der Waals surface area (Å²) in [4.78, 5) is 28.2. The molecule has 0 aromatic rings. The summed E-state index contributed by atoms with van der Waals surface area (Å²) in [7, 11) is 4.05. The fraction of sp³-hybridized carbons (Fsp3) is 0.733. The van der Waals surface area contributed by atoms with Gasteiger partial charge >= 0.3 is 5.97 Å². The number of fused-ring (bicyclic) bond motifs is 2. The van der Waals surface area contributed by atoms with Crippen molar-refractivity contribution >= 4 is 11.9 Å². The minimum Gasteiger partial charge on any atom is -0.481 e. The Bertz CT molecular complexity index is 460. The third-order valence-corrected chi connectivity index (χ3v) is 5.23. The molecule has 0 radical (unpaired) electrons. The van der Waals surface area contributed by atoms with Crippen LogP contribution in [0.3, 0.4) is 0 Å². The summed E-state index contributed by atoms with van der Waals surface area (Å²) in [5.41, 5.74) is 0. The molecule has 1 amide bonds. The predicted octanol–water partition coefficient (Wildman–Crippen LogP) is 0.672. The van der Waals surface area contributed by atoms with E-state index in [0.29, 0.717) is 6.04 Å². The second kappa shape index (κ2) is 4.88. The summed E-state index contributed by atoms with van der Waals surface area (Å²) in [5, 5.41) is 9.42. The Balaban J connectivity index is 1.74. The van der Waals surface area contributed by atoms with Crippen LogP contribution in [0.25, 0.3) is 0 Å². The van der Waals surface area contributed by atoms with Crippen LogP contribution >= 0.6 is 0 Å². The predicted molar refractivity (Wildman–Crippen MR) is 74.0 cm³/mol. The minimum absolute atomic E-state index is 0.0543. The Labute approximate surface area is 119 Å². The van der Waals surface area contributed by atoms with Crippen molar-refractivity contribution in [2.24, 2.45) is 23.7 Å². The molecule has 5 atom stereocenters. The first-order valence-electron chi connectivity index (χ1n) is 7.35. The minimum atomic E-state index is -0.816. The van der Waals surface area contributed by atoms with Crippen LogP contribution < -0.4 is 0 Å². The molecule has 20 heavy (non-hydrogen) atoms. The molecule has 5 unspecified atom stereocenters. The molecular weight excluding hydrogens is 256 g/mol. The Hall–Kier alpha value is -1.36. The molecular formula is C15H22N2O3. The van der Waals surface area contributed by atoms with Crippen molar-refractivity contribution in [1.29, 1.82) is 0 Å². The molecule has 1 saturated heterocycles. The Kier molecular flexibility index (Phi) is 3.32. The first-order valence-corrected chi connectivity index (χ1v) is 7.35. The zero-order valence-electron chi connectivity index (χ0n) is 12.0. The van der Waals surface area contributed by atoms with E-state index in [1.807, 2.05) is 31.1 Å². The molecule has 1 heterocycles. The average molecular weight is 278 g/mol. The molecule has 0 spiro atoms. The van der Waals surface area contributed by atoms with Gasteiger partial charge in [-0.1, -0.05) is 12.2 Å². The van der Waals surface area contributed by atoms with Crippen LogP contribution in [0, 0.1) is 23.7 Å². The van der Waals surface area contributed by atoms with Crippen molar-refractivity contribution in [2.45, 2.75) is 18.9 Å². The molecule has 0 aromatic heterocycles. The quantitative estimate of drug-likeness (QED) is 0.771. The van der Waals surface area contributed by atoms with Crippen LogP contribution in [-0.2, 0) is 9.59 Å². The van der Waals surface area contributed by atoms with Gasteiger partial charge in [0.2, 0.25) is 5.91 Å². The van der Waals surface area contributed by atoms with Crippen LogP contribution in [0.2, 0.25) is 0 Å². The van der Waals surface area contributed by atoms with Crippen LogP contribution in [0.4, 0.5) is 0 Å². The van der Waals surface area contributed by atoms with E-state index in [-0.39, 0.29) is 23.7 Å². The Morgan fingerprint density at radius 2 is 1.85 bits per heavy atom. The third kappa shape index (κ3) is 2.04. The highest BCUT2D eigenvalue weighted by Gasteiger charge is 2.53. The van der Waals surface area contributed by atoms with Gasteiger partial charge in [0.15, 0.2) is 0 Å². The van der Waals surface area contributed by atoms with Crippen LogP contribution in [0.1, 0.15) is 12.8 Å². The van der Waals surface area contributed by atoms with E-state index in [1.54, 1.807) is 0 Å². The first kappa shape index (κ1) is 13.6. The highest BCUT2D eigenvalue weighted by molar-refractivity contribution is 5.87. The topological polar surface area (TPSA) is 60.9 Å². The number of allylic oxidation sites excluding steroid dienone is 2. The van der Waals surface area contributed by atoms with E-state index in [0.717, 1.165) is 25.9 Å². The number of aliphatic carboxylic acids is 1.